The minimum absolute atomic E-state index is 0.0642. The lowest BCUT2D eigenvalue weighted by molar-refractivity contribution is -0.136. The van der Waals surface area contributed by atoms with Crippen molar-refractivity contribution in [2.45, 2.75) is 48.7 Å². The lowest BCUT2D eigenvalue weighted by Gasteiger charge is -2.11. The third kappa shape index (κ3) is 3.35. The summed E-state index contributed by atoms with van der Waals surface area (Å²) >= 11 is 0. The van der Waals surface area contributed by atoms with Gasteiger partial charge in [-0.05, 0) is 37.0 Å². The van der Waals surface area contributed by atoms with E-state index in [1.165, 1.54) is 0 Å². The molecule has 0 heterocycles. The molecular formula is C14H18O4S. The van der Waals surface area contributed by atoms with Crippen molar-refractivity contribution in [3.05, 3.63) is 29.8 Å². The fourth-order valence-corrected chi connectivity index (χ4v) is 4.34. The molecule has 0 spiro atoms. The van der Waals surface area contributed by atoms with E-state index in [-0.39, 0.29) is 11.7 Å². The van der Waals surface area contributed by atoms with Crippen molar-refractivity contribution < 1.29 is 18.3 Å². The molecular weight excluding hydrogens is 264 g/mol. The van der Waals surface area contributed by atoms with Crippen molar-refractivity contribution in [2.24, 2.45) is 0 Å². The van der Waals surface area contributed by atoms with Gasteiger partial charge < -0.3 is 5.11 Å². The van der Waals surface area contributed by atoms with Crippen LogP contribution in [0.4, 0.5) is 0 Å². The number of carbonyl (C=O) groups is 1. The van der Waals surface area contributed by atoms with Crippen molar-refractivity contribution in [3.63, 3.8) is 0 Å². The smallest absolute Gasteiger partial charge is 0.303 e. The zero-order valence-corrected chi connectivity index (χ0v) is 11.5. The zero-order chi connectivity index (χ0) is 13.9. The molecule has 4 nitrogen and oxygen atoms in total. The summed E-state index contributed by atoms with van der Waals surface area (Å²) in [5, 5.41) is 8.37. The van der Waals surface area contributed by atoms with Gasteiger partial charge in [-0.3, -0.25) is 4.79 Å². The third-order valence-corrected chi connectivity index (χ3v) is 5.90. The normalized spacial score (nSPS) is 16.6. The quantitative estimate of drug-likeness (QED) is 0.900. The van der Waals surface area contributed by atoms with Gasteiger partial charge in [0.1, 0.15) is 0 Å². The van der Waals surface area contributed by atoms with Crippen LogP contribution in [0.1, 0.15) is 37.7 Å². The van der Waals surface area contributed by atoms with Crippen molar-refractivity contribution in [2.75, 3.05) is 0 Å². The first kappa shape index (κ1) is 14.1. The number of aliphatic carboxylic acids is 1. The van der Waals surface area contributed by atoms with Gasteiger partial charge in [0.15, 0.2) is 9.84 Å². The van der Waals surface area contributed by atoms with Crippen molar-refractivity contribution in [1.82, 2.24) is 0 Å². The summed E-state index contributed by atoms with van der Waals surface area (Å²) in [7, 11) is -3.20. The molecule has 1 fully saturated rings. The highest BCUT2D eigenvalue weighted by Gasteiger charge is 2.29. The molecule has 19 heavy (non-hydrogen) atoms. The standard InChI is InChI=1S/C14H18O4S/c15-14(16)10-7-11-5-8-13(9-6-11)19(17,18)12-3-1-2-4-12/h5-6,8-9,12H,1-4,7,10H2,(H,15,16). The summed E-state index contributed by atoms with van der Waals surface area (Å²) in [6, 6.07) is 6.63. The van der Waals surface area contributed by atoms with Gasteiger partial charge in [-0.2, -0.15) is 0 Å². The minimum atomic E-state index is -3.20. The second-order valence-corrected chi connectivity index (χ2v) is 7.22. The van der Waals surface area contributed by atoms with Crippen LogP contribution < -0.4 is 0 Å². The summed E-state index contributed by atoms with van der Waals surface area (Å²) in [6.07, 6.45) is 3.97. The molecule has 0 unspecified atom stereocenters. The largest absolute Gasteiger partial charge is 0.481 e. The predicted molar refractivity (Wildman–Crippen MR) is 71.8 cm³/mol. The molecule has 0 bridgehead atoms. The Kier molecular flexibility index (Phi) is 4.24. The first-order chi connectivity index (χ1) is 9.00. The average molecular weight is 282 g/mol. The van der Waals surface area contributed by atoms with Gasteiger partial charge in [0.25, 0.3) is 0 Å². The van der Waals surface area contributed by atoms with E-state index < -0.39 is 15.8 Å². The van der Waals surface area contributed by atoms with Crippen LogP contribution in [-0.4, -0.2) is 24.7 Å². The molecule has 1 aromatic carbocycles. The molecule has 2 rings (SSSR count). The average Bonchev–Trinajstić information content (AvgIpc) is 2.91. The summed E-state index contributed by atoms with van der Waals surface area (Å²) in [6.45, 7) is 0. The van der Waals surface area contributed by atoms with Crippen molar-refractivity contribution >= 4 is 15.8 Å². The lowest BCUT2D eigenvalue weighted by atomic mass is 10.1. The van der Waals surface area contributed by atoms with E-state index in [1.54, 1.807) is 24.3 Å². The molecule has 1 N–H and O–H groups in total. The molecule has 0 aliphatic heterocycles. The van der Waals surface area contributed by atoms with E-state index in [2.05, 4.69) is 0 Å². The second kappa shape index (κ2) is 5.74. The Labute approximate surface area is 113 Å². The number of benzene rings is 1. The SMILES string of the molecule is O=C(O)CCc1ccc(S(=O)(=O)C2CCCC2)cc1. The van der Waals surface area contributed by atoms with Crippen LogP contribution in [0, 0.1) is 0 Å². The van der Waals surface area contributed by atoms with Gasteiger partial charge in [-0.15, -0.1) is 0 Å². The highest BCUT2D eigenvalue weighted by atomic mass is 32.2. The maximum absolute atomic E-state index is 12.3. The number of carboxylic acids is 1. The summed E-state index contributed by atoms with van der Waals surface area (Å²) in [5.74, 6) is -0.845. The molecule has 1 aliphatic carbocycles. The van der Waals surface area contributed by atoms with E-state index in [0.29, 0.717) is 11.3 Å². The van der Waals surface area contributed by atoms with Crippen LogP contribution in [0.15, 0.2) is 29.2 Å². The number of rotatable bonds is 5. The highest BCUT2D eigenvalue weighted by molar-refractivity contribution is 7.92. The zero-order valence-electron chi connectivity index (χ0n) is 10.7. The van der Waals surface area contributed by atoms with Gasteiger partial charge >= 0.3 is 5.97 Å². The number of aryl methyl sites for hydroxylation is 1. The molecule has 1 aromatic rings. The fourth-order valence-electron chi connectivity index (χ4n) is 2.49. The Balaban J connectivity index is 2.11. The summed E-state index contributed by atoms with van der Waals surface area (Å²) in [4.78, 5) is 10.8. The predicted octanol–water partition coefficient (Wildman–Crippen LogP) is 2.42. The molecule has 1 saturated carbocycles. The number of carboxylic acid groups (broad SMARTS) is 1. The van der Waals surface area contributed by atoms with E-state index in [4.69, 9.17) is 5.11 Å². The monoisotopic (exact) mass is 282 g/mol. The maximum atomic E-state index is 12.3. The van der Waals surface area contributed by atoms with Crippen LogP contribution in [0.2, 0.25) is 0 Å². The molecule has 104 valence electrons. The third-order valence-electron chi connectivity index (χ3n) is 3.62. The number of hydrogen-bond acceptors (Lipinski definition) is 3. The van der Waals surface area contributed by atoms with Gasteiger partial charge in [-0.25, -0.2) is 8.42 Å². The van der Waals surface area contributed by atoms with E-state index in [0.717, 1.165) is 31.2 Å². The van der Waals surface area contributed by atoms with E-state index in [1.807, 2.05) is 0 Å². The second-order valence-electron chi connectivity index (χ2n) is 4.99. The van der Waals surface area contributed by atoms with Crippen LogP contribution in [0.3, 0.4) is 0 Å². The lowest BCUT2D eigenvalue weighted by Crippen LogP contribution is -2.17. The molecule has 0 saturated heterocycles. The molecule has 1 aliphatic rings. The molecule has 0 atom stereocenters. The summed E-state index contributed by atoms with van der Waals surface area (Å²) in [5.41, 5.74) is 0.854. The molecule has 0 amide bonds. The van der Waals surface area contributed by atoms with Crippen molar-refractivity contribution in [3.8, 4) is 0 Å². The number of sulfone groups is 1. The summed E-state index contributed by atoms with van der Waals surface area (Å²) < 4.78 is 24.6. The van der Waals surface area contributed by atoms with Gasteiger partial charge in [0.2, 0.25) is 0 Å². The Morgan fingerprint density at radius 3 is 2.26 bits per heavy atom. The Hall–Kier alpha value is -1.36. The van der Waals surface area contributed by atoms with Crippen LogP contribution in [-0.2, 0) is 21.1 Å². The van der Waals surface area contributed by atoms with Gasteiger partial charge in [0.05, 0.1) is 10.1 Å². The number of hydrogen-bond donors (Lipinski definition) is 1. The molecule has 0 aromatic heterocycles. The van der Waals surface area contributed by atoms with Gasteiger partial charge in [-0.1, -0.05) is 25.0 Å². The maximum Gasteiger partial charge on any atom is 0.303 e. The van der Waals surface area contributed by atoms with E-state index in [9.17, 15) is 13.2 Å². The van der Waals surface area contributed by atoms with Crippen LogP contribution in [0.5, 0.6) is 0 Å². The highest BCUT2D eigenvalue weighted by Crippen LogP contribution is 2.29. The van der Waals surface area contributed by atoms with Crippen molar-refractivity contribution in [1.29, 1.82) is 0 Å². The van der Waals surface area contributed by atoms with Crippen LogP contribution >= 0.6 is 0 Å². The van der Waals surface area contributed by atoms with Gasteiger partial charge in [0, 0.05) is 6.42 Å². The van der Waals surface area contributed by atoms with E-state index >= 15 is 0 Å². The Bertz CT molecular complexity index is 539. The fraction of sp³-hybridized carbons (Fsp3) is 0.500. The minimum Gasteiger partial charge on any atom is -0.481 e. The molecule has 0 radical (unpaired) electrons. The topological polar surface area (TPSA) is 71.4 Å². The first-order valence-corrected chi connectivity index (χ1v) is 8.09. The van der Waals surface area contributed by atoms with Crippen LogP contribution in [0.25, 0.3) is 0 Å². The molecule has 5 heteroatoms. The Morgan fingerprint density at radius 2 is 1.74 bits per heavy atom. The first-order valence-electron chi connectivity index (χ1n) is 6.55. The Morgan fingerprint density at radius 1 is 1.16 bits per heavy atom.